The van der Waals surface area contributed by atoms with E-state index in [1.165, 1.54) is 0 Å². The van der Waals surface area contributed by atoms with Crippen LogP contribution >= 0.6 is 0 Å². The van der Waals surface area contributed by atoms with Gasteiger partial charge in [0.05, 0.1) is 33.6 Å². The van der Waals surface area contributed by atoms with Gasteiger partial charge in [0.2, 0.25) is 0 Å². The van der Waals surface area contributed by atoms with Gasteiger partial charge in [0.25, 0.3) is 0 Å². The van der Waals surface area contributed by atoms with Gasteiger partial charge in [-0.2, -0.15) is 10.2 Å². The molecular weight excluding hydrogens is 296 g/mol. The van der Waals surface area contributed by atoms with Crippen LogP contribution in [0.2, 0.25) is 0 Å². The van der Waals surface area contributed by atoms with Gasteiger partial charge in [-0.25, -0.2) is 0 Å². The molecule has 0 aliphatic heterocycles. The van der Waals surface area contributed by atoms with Gasteiger partial charge in [-0.05, 0) is 64.1 Å². The fourth-order valence-corrected chi connectivity index (χ4v) is 2.73. The van der Waals surface area contributed by atoms with Gasteiger partial charge in [0, 0.05) is 12.4 Å². The van der Waals surface area contributed by atoms with Crippen molar-refractivity contribution < 1.29 is 0 Å². The zero-order chi connectivity index (χ0) is 17.2. The summed E-state index contributed by atoms with van der Waals surface area (Å²) in [5, 5.41) is 9.00. The second-order valence-corrected chi connectivity index (χ2v) is 6.98. The number of aromatic nitrogens is 4. The van der Waals surface area contributed by atoms with Gasteiger partial charge in [-0.15, -0.1) is 0 Å². The molecule has 3 heterocycles. The topological polar surface area (TPSA) is 51.6 Å². The summed E-state index contributed by atoms with van der Waals surface area (Å²) in [6.45, 7) is 8.46. The van der Waals surface area contributed by atoms with Crippen LogP contribution in [0.25, 0.3) is 0 Å². The maximum atomic E-state index is 4.50. The van der Waals surface area contributed by atoms with Crippen molar-refractivity contribution in [3.8, 4) is 0 Å². The fraction of sp³-hybridized carbons (Fsp3) is 0.300. The van der Waals surface area contributed by atoms with E-state index in [9.17, 15) is 0 Å². The Morgan fingerprint density at radius 1 is 0.542 bits per heavy atom. The number of hydrogen-bond donors (Lipinski definition) is 0. The van der Waals surface area contributed by atoms with Crippen molar-refractivity contribution in [1.82, 2.24) is 20.2 Å². The molecule has 0 bridgehead atoms. The zero-order valence-electron chi connectivity index (χ0n) is 14.6. The molecule has 0 spiro atoms. The van der Waals surface area contributed by atoms with Crippen molar-refractivity contribution in [3.05, 3.63) is 83.7 Å². The second-order valence-electron chi connectivity index (χ2n) is 6.98. The lowest BCUT2D eigenvalue weighted by Gasteiger charge is -2.26. The van der Waals surface area contributed by atoms with Gasteiger partial charge in [0.15, 0.2) is 0 Å². The van der Waals surface area contributed by atoms with E-state index in [1.807, 2.05) is 60.9 Å². The molecule has 0 fully saturated rings. The van der Waals surface area contributed by atoms with Crippen molar-refractivity contribution in [2.45, 2.75) is 38.5 Å². The van der Waals surface area contributed by atoms with Crippen LogP contribution in [-0.2, 0) is 10.8 Å². The summed E-state index contributed by atoms with van der Waals surface area (Å²) in [5.74, 6) is 0. The van der Waals surface area contributed by atoms with Crippen molar-refractivity contribution >= 4 is 0 Å². The normalized spacial score (nSPS) is 12.2. The Morgan fingerprint density at radius 3 is 1.25 bits per heavy atom. The van der Waals surface area contributed by atoms with Gasteiger partial charge in [0.1, 0.15) is 0 Å². The molecule has 0 saturated carbocycles. The molecule has 0 unspecified atom stereocenters. The molecule has 4 nitrogen and oxygen atoms in total. The van der Waals surface area contributed by atoms with Gasteiger partial charge in [-0.1, -0.05) is 12.1 Å². The highest BCUT2D eigenvalue weighted by Gasteiger charge is 2.30. The van der Waals surface area contributed by atoms with E-state index in [0.717, 1.165) is 22.8 Å². The number of rotatable bonds is 4. The summed E-state index contributed by atoms with van der Waals surface area (Å²) in [6.07, 6.45) is 3.62. The van der Waals surface area contributed by atoms with Crippen LogP contribution in [0, 0.1) is 0 Å². The predicted molar refractivity (Wildman–Crippen MR) is 94.8 cm³/mol. The quantitative estimate of drug-likeness (QED) is 0.731. The summed E-state index contributed by atoms with van der Waals surface area (Å²) < 4.78 is 0. The van der Waals surface area contributed by atoms with Crippen LogP contribution < -0.4 is 0 Å². The van der Waals surface area contributed by atoms with Crippen molar-refractivity contribution in [2.24, 2.45) is 0 Å². The molecule has 0 aromatic carbocycles. The van der Waals surface area contributed by atoms with Crippen LogP contribution in [0.15, 0.2) is 60.9 Å². The summed E-state index contributed by atoms with van der Waals surface area (Å²) in [5.41, 5.74) is 3.19. The minimum absolute atomic E-state index is 0.290. The third-order valence-corrected chi connectivity index (χ3v) is 4.56. The molecule has 24 heavy (non-hydrogen) atoms. The molecule has 0 N–H and O–H groups in total. The van der Waals surface area contributed by atoms with E-state index >= 15 is 0 Å². The van der Waals surface area contributed by atoms with Crippen LogP contribution in [0.5, 0.6) is 0 Å². The lowest BCUT2D eigenvalue weighted by molar-refractivity contribution is 0.552. The van der Waals surface area contributed by atoms with Gasteiger partial charge < -0.3 is 0 Å². The minimum atomic E-state index is -0.290. The van der Waals surface area contributed by atoms with Crippen LogP contribution in [-0.4, -0.2) is 20.2 Å². The smallest absolute Gasteiger partial charge is 0.0747 e. The Balaban J connectivity index is 1.94. The van der Waals surface area contributed by atoms with Crippen LogP contribution in [0.1, 0.15) is 50.5 Å². The Kier molecular flexibility index (Phi) is 4.14. The highest BCUT2D eigenvalue weighted by molar-refractivity contribution is 5.32. The lowest BCUT2D eigenvalue weighted by Crippen LogP contribution is -2.26. The third kappa shape index (κ3) is 2.92. The molecular formula is C20H22N4. The molecule has 0 radical (unpaired) electrons. The number of hydrogen-bond acceptors (Lipinski definition) is 4. The Hall–Kier alpha value is -2.62. The van der Waals surface area contributed by atoms with Crippen molar-refractivity contribution in [1.29, 1.82) is 0 Å². The first-order valence-electron chi connectivity index (χ1n) is 8.10. The lowest BCUT2D eigenvalue weighted by atomic mass is 9.82. The highest BCUT2D eigenvalue weighted by Crippen LogP contribution is 2.31. The highest BCUT2D eigenvalue weighted by atomic mass is 15.1. The summed E-state index contributed by atoms with van der Waals surface area (Å²) >= 11 is 0. The monoisotopic (exact) mass is 318 g/mol. The van der Waals surface area contributed by atoms with E-state index < -0.39 is 0 Å². The Morgan fingerprint density at radius 2 is 0.958 bits per heavy atom. The van der Waals surface area contributed by atoms with Gasteiger partial charge >= 0.3 is 0 Å². The van der Waals surface area contributed by atoms with E-state index in [0.29, 0.717) is 0 Å². The Bertz CT molecular complexity index is 724. The summed E-state index contributed by atoms with van der Waals surface area (Å²) in [6, 6.07) is 16.0. The summed E-state index contributed by atoms with van der Waals surface area (Å²) in [7, 11) is 0. The molecule has 0 saturated heterocycles. The minimum Gasteiger partial charge on any atom is -0.260 e. The first kappa shape index (κ1) is 16.2. The molecule has 0 amide bonds. The maximum absolute atomic E-state index is 4.50. The van der Waals surface area contributed by atoms with Crippen molar-refractivity contribution in [2.75, 3.05) is 0 Å². The summed E-state index contributed by atoms with van der Waals surface area (Å²) in [4.78, 5) is 8.94. The molecule has 3 aromatic rings. The van der Waals surface area contributed by atoms with Crippen LogP contribution in [0.3, 0.4) is 0 Å². The van der Waals surface area contributed by atoms with E-state index in [4.69, 9.17) is 0 Å². The predicted octanol–water partition coefficient (Wildman–Crippen LogP) is 3.92. The molecule has 3 aromatic heterocycles. The Labute approximate surface area is 143 Å². The molecule has 0 atom stereocenters. The average Bonchev–Trinajstić information content (AvgIpc) is 2.63. The molecule has 3 rings (SSSR count). The average molecular weight is 318 g/mol. The first-order valence-corrected chi connectivity index (χ1v) is 8.10. The van der Waals surface area contributed by atoms with Crippen molar-refractivity contribution in [3.63, 3.8) is 0 Å². The SMILES string of the molecule is CC(C)(c1ccccn1)c1ccc(C(C)(C)c2ccccn2)nn1. The maximum Gasteiger partial charge on any atom is 0.0747 e. The largest absolute Gasteiger partial charge is 0.260 e. The zero-order valence-corrected chi connectivity index (χ0v) is 14.6. The molecule has 0 aliphatic rings. The fourth-order valence-electron chi connectivity index (χ4n) is 2.73. The van der Waals surface area contributed by atoms with Crippen LogP contribution in [0.4, 0.5) is 0 Å². The molecule has 122 valence electrons. The number of nitrogens with zero attached hydrogens (tertiary/aromatic N) is 4. The standard InChI is InChI=1S/C20H22N4/c1-19(2,15-9-5-7-13-21-15)17-11-12-18(24-23-17)20(3,4)16-10-6-8-14-22-16/h5-14H,1-4H3. The molecule has 4 heteroatoms. The first-order chi connectivity index (χ1) is 11.4. The van der Waals surface area contributed by atoms with E-state index in [1.54, 1.807) is 0 Å². The third-order valence-electron chi connectivity index (χ3n) is 4.56. The van der Waals surface area contributed by atoms with E-state index in [-0.39, 0.29) is 10.8 Å². The van der Waals surface area contributed by atoms with E-state index in [2.05, 4.69) is 47.9 Å². The van der Waals surface area contributed by atoms with Gasteiger partial charge in [-0.3, -0.25) is 9.97 Å². The molecule has 0 aliphatic carbocycles. The number of pyridine rings is 2. The second kappa shape index (κ2) is 6.11.